The van der Waals surface area contributed by atoms with E-state index in [1.807, 2.05) is 28.9 Å². The van der Waals surface area contributed by atoms with Crippen LogP contribution in [0.4, 0.5) is 0 Å². The summed E-state index contributed by atoms with van der Waals surface area (Å²) in [4.78, 5) is 0.179. The Labute approximate surface area is 133 Å². The largest absolute Gasteiger partial charge is 0.234 e. The molecule has 2 nitrogen and oxygen atoms in total. The minimum atomic E-state index is 0.179. The minimum absolute atomic E-state index is 0.179. The summed E-state index contributed by atoms with van der Waals surface area (Å²) in [5.41, 5.74) is 5.67. The molecule has 0 spiro atoms. The summed E-state index contributed by atoms with van der Waals surface area (Å²) in [5.74, 6) is 0. The molecular formula is C16H10Br2N2. The Hall–Kier alpha value is -1.39. The van der Waals surface area contributed by atoms with Crippen molar-refractivity contribution in [3.8, 4) is 16.9 Å². The van der Waals surface area contributed by atoms with Crippen LogP contribution in [0, 0.1) is 0 Å². The Balaban J connectivity index is 1.97. The van der Waals surface area contributed by atoms with Gasteiger partial charge in [-0.1, -0.05) is 64.5 Å². The monoisotopic (exact) mass is 388 g/mol. The lowest BCUT2D eigenvalue weighted by molar-refractivity contribution is 0.872. The zero-order valence-corrected chi connectivity index (χ0v) is 13.6. The first-order chi connectivity index (χ1) is 9.77. The number of hydrogen-bond acceptors (Lipinski definition) is 1. The molecule has 98 valence electrons. The maximum atomic E-state index is 4.79. The second-order valence-electron chi connectivity index (χ2n) is 4.75. The van der Waals surface area contributed by atoms with Gasteiger partial charge in [0.1, 0.15) is 5.69 Å². The first-order valence-corrected chi connectivity index (χ1v) is 8.05. The smallest absolute Gasteiger partial charge is 0.107 e. The second-order valence-corrected chi connectivity index (χ2v) is 6.46. The molecule has 4 heteroatoms. The lowest BCUT2D eigenvalue weighted by Gasteiger charge is -2.04. The molecular weight excluding hydrogens is 380 g/mol. The van der Waals surface area contributed by atoms with Crippen molar-refractivity contribution in [3.05, 3.63) is 70.3 Å². The maximum absolute atomic E-state index is 4.79. The van der Waals surface area contributed by atoms with Gasteiger partial charge >= 0.3 is 0 Å². The van der Waals surface area contributed by atoms with Crippen molar-refractivity contribution in [2.45, 2.75) is 4.83 Å². The van der Waals surface area contributed by atoms with Crippen LogP contribution < -0.4 is 0 Å². The number of para-hydroxylation sites is 1. The van der Waals surface area contributed by atoms with Crippen molar-refractivity contribution in [3.63, 3.8) is 0 Å². The molecule has 0 saturated heterocycles. The zero-order valence-electron chi connectivity index (χ0n) is 10.4. The van der Waals surface area contributed by atoms with Gasteiger partial charge in [0.05, 0.1) is 20.7 Å². The number of nitrogens with zero attached hydrogens (tertiary/aromatic N) is 2. The van der Waals surface area contributed by atoms with Gasteiger partial charge in [-0.3, -0.25) is 0 Å². The van der Waals surface area contributed by atoms with Gasteiger partial charge in [0.25, 0.3) is 0 Å². The standard InChI is InChI=1S/C16H10Br2N2/c17-13-11-8-4-5-9-12(11)20-16(13)14(18)15(19-20)10-6-2-1-3-7-10/h1-9,13H. The third-order valence-corrected chi connectivity index (χ3v) is 5.29. The summed E-state index contributed by atoms with van der Waals surface area (Å²) in [5, 5.41) is 4.79. The van der Waals surface area contributed by atoms with Gasteiger partial charge in [-0.05, 0) is 27.6 Å². The van der Waals surface area contributed by atoms with Crippen LogP contribution in [0.1, 0.15) is 16.1 Å². The summed E-state index contributed by atoms with van der Waals surface area (Å²) < 4.78 is 3.09. The molecule has 4 rings (SSSR count). The van der Waals surface area contributed by atoms with Crippen LogP contribution in [0.5, 0.6) is 0 Å². The number of aromatic nitrogens is 2. The molecule has 0 radical (unpaired) electrons. The summed E-state index contributed by atoms with van der Waals surface area (Å²) in [6, 6.07) is 18.6. The molecule has 1 aromatic heterocycles. The van der Waals surface area contributed by atoms with E-state index < -0.39 is 0 Å². The Morgan fingerprint density at radius 2 is 1.65 bits per heavy atom. The molecule has 0 aliphatic carbocycles. The second kappa shape index (κ2) is 4.57. The molecule has 0 N–H and O–H groups in total. The average molecular weight is 390 g/mol. The van der Waals surface area contributed by atoms with Crippen LogP contribution in [0.3, 0.4) is 0 Å². The molecule has 2 heterocycles. The molecule has 3 aromatic rings. The van der Waals surface area contributed by atoms with Crippen molar-refractivity contribution in [1.82, 2.24) is 9.78 Å². The molecule has 0 fully saturated rings. The summed E-state index contributed by atoms with van der Waals surface area (Å²) in [6.07, 6.45) is 0. The van der Waals surface area contributed by atoms with Crippen LogP contribution in [0.2, 0.25) is 0 Å². The van der Waals surface area contributed by atoms with E-state index in [0.29, 0.717) is 0 Å². The highest BCUT2D eigenvalue weighted by Gasteiger charge is 2.32. The summed E-state index contributed by atoms with van der Waals surface area (Å²) in [7, 11) is 0. The van der Waals surface area contributed by atoms with E-state index in [1.54, 1.807) is 0 Å². The molecule has 1 aliphatic rings. The van der Waals surface area contributed by atoms with Crippen molar-refractivity contribution >= 4 is 31.9 Å². The van der Waals surface area contributed by atoms with E-state index in [4.69, 9.17) is 5.10 Å². The number of alkyl halides is 1. The van der Waals surface area contributed by atoms with Crippen molar-refractivity contribution < 1.29 is 0 Å². The number of halogens is 2. The molecule has 0 amide bonds. The first-order valence-electron chi connectivity index (χ1n) is 6.34. The molecule has 1 atom stereocenters. The fourth-order valence-electron chi connectivity index (χ4n) is 2.64. The van der Waals surface area contributed by atoms with Gasteiger partial charge < -0.3 is 0 Å². The maximum Gasteiger partial charge on any atom is 0.107 e. The third-order valence-electron chi connectivity index (χ3n) is 3.59. The van der Waals surface area contributed by atoms with E-state index in [1.165, 1.54) is 5.56 Å². The molecule has 0 bridgehead atoms. The minimum Gasteiger partial charge on any atom is -0.234 e. The molecule has 2 aromatic carbocycles. The van der Waals surface area contributed by atoms with E-state index in [-0.39, 0.29) is 4.83 Å². The molecule has 1 unspecified atom stereocenters. The molecule has 1 aliphatic heterocycles. The van der Waals surface area contributed by atoms with Crippen LogP contribution >= 0.6 is 31.9 Å². The molecule has 20 heavy (non-hydrogen) atoms. The van der Waals surface area contributed by atoms with E-state index >= 15 is 0 Å². The predicted octanol–water partition coefficient (Wildman–Crippen LogP) is 5.10. The highest BCUT2D eigenvalue weighted by atomic mass is 79.9. The summed E-state index contributed by atoms with van der Waals surface area (Å²) >= 11 is 7.51. The van der Waals surface area contributed by atoms with Crippen molar-refractivity contribution in [2.75, 3.05) is 0 Å². The van der Waals surface area contributed by atoms with Gasteiger partial charge in [0.15, 0.2) is 0 Å². The van der Waals surface area contributed by atoms with Crippen LogP contribution in [-0.4, -0.2) is 9.78 Å². The quantitative estimate of drug-likeness (QED) is 0.529. The van der Waals surface area contributed by atoms with Gasteiger partial charge in [-0.2, -0.15) is 5.10 Å². The normalized spacial score (nSPS) is 16.0. The lowest BCUT2D eigenvalue weighted by Crippen LogP contribution is -1.94. The average Bonchev–Trinajstić information content (AvgIpc) is 2.98. The van der Waals surface area contributed by atoms with Crippen LogP contribution in [-0.2, 0) is 0 Å². The van der Waals surface area contributed by atoms with Gasteiger partial charge in [-0.15, -0.1) is 0 Å². The number of benzene rings is 2. The van der Waals surface area contributed by atoms with Crippen LogP contribution in [0.15, 0.2) is 59.1 Å². The summed E-state index contributed by atoms with van der Waals surface area (Å²) in [6.45, 7) is 0. The first kappa shape index (κ1) is 12.4. The van der Waals surface area contributed by atoms with Gasteiger partial charge in [0, 0.05) is 5.56 Å². The van der Waals surface area contributed by atoms with Crippen LogP contribution in [0.25, 0.3) is 16.9 Å². The Morgan fingerprint density at radius 1 is 0.950 bits per heavy atom. The van der Waals surface area contributed by atoms with E-state index in [2.05, 4.69) is 62.2 Å². The van der Waals surface area contributed by atoms with Gasteiger partial charge in [-0.25, -0.2) is 4.68 Å². The van der Waals surface area contributed by atoms with Crippen molar-refractivity contribution in [2.24, 2.45) is 0 Å². The van der Waals surface area contributed by atoms with Crippen molar-refractivity contribution in [1.29, 1.82) is 0 Å². The Bertz CT molecular complexity index is 793. The Kier molecular flexibility index (Phi) is 2.82. The predicted molar refractivity (Wildman–Crippen MR) is 87.5 cm³/mol. The topological polar surface area (TPSA) is 17.8 Å². The Morgan fingerprint density at radius 3 is 2.45 bits per heavy atom. The van der Waals surface area contributed by atoms with Gasteiger partial charge in [0.2, 0.25) is 0 Å². The molecule has 0 saturated carbocycles. The third kappa shape index (κ3) is 1.64. The lowest BCUT2D eigenvalue weighted by atomic mass is 10.1. The fraction of sp³-hybridized carbons (Fsp3) is 0.0625. The highest BCUT2D eigenvalue weighted by Crippen LogP contribution is 2.47. The SMILES string of the molecule is Brc1c(-c2ccccc2)nn2c1C(Br)c1ccccc1-2. The van der Waals surface area contributed by atoms with E-state index in [0.717, 1.165) is 27.1 Å². The number of fused-ring (bicyclic) bond motifs is 3. The van der Waals surface area contributed by atoms with E-state index in [9.17, 15) is 0 Å². The zero-order chi connectivity index (χ0) is 13.7. The highest BCUT2D eigenvalue weighted by molar-refractivity contribution is 9.11. The number of rotatable bonds is 1. The fourth-order valence-corrected chi connectivity index (χ4v) is 4.46. The number of hydrogen-bond donors (Lipinski definition) is 0.